The van der Waals surface area contributed by atoms with Gasteiger partial charge in [-0.3, -0.25) is 4.79 Å². The molecule has 0 bridgehead atoms. The van der Waals surface area contributed by atoms with Crippen LogP contribution >= 0.6 is 23.4 Å². The van der Waals surface area contributed by atoms with Crippen molar-refractivity contribution in [2.24, 2.45) is 0 Å². The lowest BCUT2D eigenvalue weighted by atomic mass is 10.1. The molecule has 0 aliphatic carbocycles. The van der Waals surface area contributed by atoms with Gasteiger partial charge in [-0.2, -0.15) is 13.2 Å². The molecule has 35 heavy (non-hydrogen) atoms. The second-order valence-corrected chi connectivity index (χ2v) is 9.01. The highest BCUT2D eigenvalue weighted by molar-refractivity contribution is 7.99. The van der Waals surface area contributed by atoms with E-state index < -0.39 is 22.7 Å². The number of amides is 1. The minimum atomic E-state index is -4.62. The molecule has 3 aromatic carbocycles. The van der Waals surface area contributed by atoms with Crippen LogP contribution < -0.4 is 5.32 Å². The van der Waals surface area contributed by atoms with Gasteiger partial charge in [0.25, 0.3) is 0 Å². The molecule has 0 spiro atoms. The number of alkyl halides is 3. The monoisotopic (exact) mass is 516 g/mol. The molecule has 4 rings (SSSR count). The molecule has 1 aromatic heterocycles. The van der Waals surface area contributed by atoms with Crippen LogP contribution in [0.2, 0.25) is 5.02 Å². The van der Waals surface area contributed by atoms with Gasteiger partial charge in [0, 0.05) is 12.1 Å². The zero-order valence-corrected chi connectivity index (χ0v) is 19.9. The summed E-state index contributed by atoms with van der Waals surface area (Å²) < 4.78 is 41.2. The molecule has 180 valence electrons. The Labute approximate surface area is 209 Å². The number of rotatable bonds is 8. The summed E-state index contributed by atoms with van der Waals surface area (Å²) in [5.41, 5.74) is 1.14. The Bertz CT molecular complexity index is 1300. The highest BCUT2D eigenvalue weighted by Crippen LogP contribution is 2.36. The lowest BCUT2D eigenvalue weighted by Gasteiger charge is -2.12. The standard InChI is InChI=1S/C25H20ClF3N4OS/c26-21-12-11-19(14-20(21)25(27,28)29)30-23(34)16-35-24-32-31-22(13-17-7-3-1-4-8-17)33(24)15-18-9-5-2-6-10-18/h1-12,14H,13,15-16H2,(H,30,34). The first-order valence-electron chi connectivity index (χ1n) is 10.6. The summed E-state index contributed by atoms with van der Waals surface area (Å²) in [5, 5.41) is 11.2. The van der Waals surface area contributed by atoms with Crippen LogP contribution in [0.4, 0.5) is 18.9 Å². The molecule has 10 heteroatoms. The van der Waals surface area contributed by atoms with Crippen LogP contribution in [0.25, 0.3) is 0 Å². The van der Waals surface area contributed by atoms with E-state index in [-0.39, 0.29) is 11.4 Å². The normalized spacial score (nSPS) is 11.4. The summed E-state index contributed by atoms with van der Waals surface area (Å²) in [6, 6.07) is 22.9. The topological polar surface area (TPSA) is 59.8 Å². The fourth-order valence-corrected chi connectivity index (χ4v) is 4.39. The maximum atomic E-state index is 13.1. The lowest BCUT2D eigenvalue weighted by molar-refractivity contribution is -0.137. The van der Waals surface area contributed by atoms with Crippen LogP contribution in [0, 0.1) is 0 Å². The number of aromatic nitrogens is 3. The van der Waals surface area contributed by atoms with E-state index in [9.17, 15) is 18.0 Å². The van der Waals surface area contributed by atoms with Gasteiger partial charge in [-0.05, 0) is 29.3 Å². The third kappa shape index (κ3) is 6.64. The molecule has 0 aliphatic rings. The molecule has 0 fully saturated rings. The molecular formula is C25H20ClF3N4OS. The van der Waals surface area contributed by atoms with Gasteiger partial charge in [-0.1, -0.05) is 84.0 Å². The van der Waals surface area contributed by atoms with Gasteiger partial charge < -0.3 is 9.88 Å². The van der Waals surface area contributed by atoms with Crippen LogP contribution in [0.15, 0.2) is 84.0 Å². The Morgan fingerprint density at radius 1 is 0.943 bits per heavy atom. The Morgan fingerprint density at radius 2 is 1.60 bits per heavy atom. The molecule has 1 N–H and O–H groups in total. The minimum absolute atomic E-state index is 0.0165. The zero-order valence-electron chi connectivity index (χ0n) is 18.3. The van der Waals surface area contributed by atoms with Gasteiger partial charge in [0.15, 0.2) is 5.16 Å². The average molecular weight is 517 g/mol. The van der Waals surface area contributed by atoms with Crippen molar-refractivity contribution in [3.05, 3.63) is 106 Å². The molecule has 0 saturated carbocycles. The number of carbonyl (C=O) groups excluding carboxylic acids is 1. The first-order valence-corrected chi connectivity index (χ1v) is 12.0. The fourth-order valence-electron chi connectivity index (χ4n) is 3.41. The summed E-state index contributed by atoms with van der Waals surface area (Å²) in [6.07, 6.45) is -4.05. The number of anilines is 1. The Kier molecular flexibility index (Phi) is 7.77. The third-order valence-electron chi connectivity index (χ3n) is 5.07. The first-order chi connectivity index (χ1) is 16.8. The summed E-state index contributed by atoms with van der Waals surface area (Å²) in [4.78, 5) is 12.5. The van der Waals surface area contributed by atoms with Crippen molar-refractivity contribution in [3.8, 4) is 0 Å². The molecule has 0 unspecified atom stereocenters. The van der Waals surface area contributed by atoms with Crippen LogP contribution in [0.5, 0.6) is 0 Å². The lowest BCUT2D eigenvalue weighted by Crippen LogP contribution is -2.16. The molecule has 0 saturated heterocycles. The number of hydrogen-bond acceptors (Lipinski definition) is 4. The van der Waals surface area contributed by atoms with E-state index in [0.29, 0.717) is 18.1 Å². The molecule has 4 aromatic rings. The molecule has 1 heterocycles. The van der Waals surface area contributed by atoms with E-state index in [0.717, 1.165) is 29.1 Å². The Morgan fingerprint density at radius 3 is 2.26 bits per heavy atom. The Hall–Kier alpha value is -3.30. The molecule has 1 amide bonds. The first kappa shape index (κ1) is 24.8. The van der Waals surface area contributed by atoms with Gasteiger partial charge in [-0.15, -0.1) is 10.2 Å². The maximum absolute atomic E-state index is 13.1. The molecular weight excluding hydrogens is 497 g/mol. The highest BCUT2D eigenvalue weighted by Gasteiger charge is 2.33. The fraction of sp³-hybridized carbons (Fsp3) is 0.160. The van der Waals surface area contributed by atoms with Gasteiger partial charge in [0.1, 0.15) is 5.82 Å². The third-order valence-corrected chi connectivity index (χ3v) is 6.37. The minimum Gasteiger partial charge on any atom is -0.325 e. The molecule has 5 nitrogen and oxygen atoms in total. The van der Waals surface area contributed by atoms with Crippen molar-refractivity contribution in [1.29, 1.82) is 0 Å². The van der Waals surface area contributed by atoms with Crippen LogP contribution in [0.1, 0.15) is 22.5 Å². The van der Waals surface area contributed by atoms with Crippen LogP contribution in [-0.2, 0) is 23.9 Å². The number of nitrogens with zero attached hydrogens (tertiary/aromatic N) is 3. The number of benzene rings is 3. The summed E-state index contributed by atoms with van der Waals surface area (Å²) in [5.74, 6) is 0.224. The van der Waals surface area contributed by atoms with E-state index in [1.165, 1.54) is 17.8 Å². The smallest absolute Gasteiger partial charge is 0.325 e. The molecule has 0 atom stereocenters. The summed E-state index contributed by atoms with van der Waals surface area (Å²) in [7, 11) is 0. The second kappa shape index (κ2) is 11.0. The van der Waals surface area contributed by atoms with E-state index in [2.05, 4.69) is 15.5 Å². The van der Waals surface area contributed by atoms with E-state index in [1.807, 2.05) is 65.2 Å². The van der Waals surface area contributed by atoms with Gasteiger partial charge in [0.2, 0.25) is 5.91 Å². The average Bonchev–Trinajstić information content (AvgIpc) is 3.20. The van der Waals surface area contributed by atoms with Crippen molar-refractivity contribution in [3.63, 3.8) is 0 Å². The van der Waals surface area contributed by atoms with Gasteiger partial charge >= 0.3 is 6.18 Å². The predicted octanol–water partition coefficient (Wildman–Crippen LogP) is 6.32. The van der Waals surface area contributed by atoms with E-state index in [4.69, 9.17) is 11.6 Å². The van der Waals surface area contributed by atoms with Crippen molar-refractivity contribution in [2.45, 2.75) is 24.3 Å². The second-order valence-electron chi connectivity index (χ2n) is 7.66. The van der Waals surface area contributed by atoms with Gasteiger partial charge in [-0.25, -0.2) is 0 Å². The number of hydrogen-bond donors (Lipinski definition) is 1. The van der Waals surface area contributed by atoms with E-state index in [1.54, 1.807) is 0 Å². The van der Waals surface area contributed by atoms with Crippen molar-refractivity contribution >= 4 is 35.0 Å². The van der Waals surface area contributed by atoms with Crippen molar-refractivity contribution in [2.75, 3.05) is 11.1 Å². The quantitative estimate of drug-likeness (QED) is 0.278. The van der Waals surface area contributed by atoms with E-state index >= 15 is 0 Å². The number of nitrogens with one attached hydrogen (secondary N) is 1. The SMILES string of the molecule is O=C(CSc1nnc(Cc2ccccc2)n1Cc1ccccc1)Nc1ccc(Cl)c(C(F)(F)F)c1. The zero-order chi connectivity index (χ0) is 24.8. The number of halogens is 4. The predicted molar refractivity (Wildman–Crippen MR) is 131 cm³/mol. The van der Waals surface area contributed by atoms with Crippen molar-refractivity contribution in [1.82, 2.24) is 14.8 Å². The summed E-state index contributed by atoms with van der Waals surface area (Å²) in [6.45, 7) is 0.520. The molecule has 0 radical (unpaired) electrons. The van der Waals surface area contributed by atoms with Crippen LogP contribution in [-0.4, -0.2) is 26.4 Å². The van der Waals surface area contributed by atoms with Crippen LogP contribution in [0.3, 0.4) is 0 Å². The maximum Gasteiger partial charge on any atom is 0.417 e. The largest absolute Gasteiger partial charge is 0.417 e. The molecule has 0 aliphatic heterocycles. The number of thioether (sulfide) groups is 1. The van der Waals surface area contributed by atoms with Gasteiger partial charge in [0.05, 0.1) is 22.9 Å². The van der Waals surface area contributed by atoms with Crippen molar-refractivity contribution < 1.29 is 18.0 Å². The summed E-state index contributed by atoms with van der Waals surface area (Å²) >= 11 is 6.81. The number of carbonyl (C=O) groups is 1. The highest BCUT2D eigenvalue weighted by atomic mass is 35.5. The Balaban J connectivity index is 1.49.